The lowest BCUT2D eigenvalue weighted by Gasteiger charge is -2.36. The molecule has 1 N–H and O–H groups in total. The lowest BCUT2D eigenvalue weighted by Crippen LogP contribution is -2.47. The van der Waals surface area contributed by atoms with E-state index in [0.717, 1.165) is 48.7 Å². The quantitative estimate of drug-likeness (QED) is 0.590. The van der Waals surface area contributed by atoms with E-state index in [1.54, 1.807) is 37.1 Å². The second kappa shape index (κ2) is 6.80. The highest BCUT2D eigenvalue weighted by Gasteiger charge is 2.20. The van der Waals surface area contributed by atoms with Crippen LogP contribution in [-0.4, -0.2) is 55.8 Å². The van der Waals surface area contributed by atoms with Crippen LogP contribution in [0.2, 0.25) is 0 Å². The number of anilines is 2. The zero-order valence-corrected chi connectivity index (χ0v) is 15.2. The van der Waals surface area contributed by atoms with E-state index < -0.39 is 0 Å². The average molecular weight is 373 g/mol. The summed E-state index contributed by atoms with van der Waals surface area (Å²) in [5, 5.41) is 9.47. The number of nitrogens with zero attached hydrogens (tertiary/aromatic N) is 7. The highest BCUT2D eigenvalue weighted by atomic mass is 16.3. The number of hydrogen-bond acceptors (Lipinski definition) is 7. The lowest BCUT2D eigenvalue weighted by molar-refractivity contribution is 0.475. The van der Waals surface area contributed by atoms with Crippen LogP contribution >= 0.6 is 0 Å². The fraction of sp³-hybridized carbons (Fsp3) is 0.200. The Morgan fingerprint density at radius 3 is 2.25 bits per heavy atom. The summed E-state index contributed by atoms with van der Waals surface area (Å²) in [5.74, 6) is 1.00. The van der Waals surface area contributed by atoms with Crippen molar-refractivity contribution < 1.29 is 5.11 Å². The van der Waals surface area contributed by atoms with Gasteiger partial charge in [-0.2, -0.15) is 4.98 Å². The highest BCUT2D eigenvalue weighted by molar-refractivity contribution is 5.73. The largest absolute Gasteiger partial charge is 0.508 e. The molecule has 5 rings (SSSR count). The third kappa shape index (κ3) is 2.98. The first-order valence-electron chi connectivity index (χ1n) is 9.17. The van der Waals surface area contributed by atoms with E-state index in [0.29, 0.717) is 5.95 Å². The Morgan fingerprint density at radius 1 is 0.786 bits per heavy atom. The van der Waals surface area contributed by atoms with Crippen molar-refractivity contribution in [3.63, 3.8) is 0 Å². The molecule has 3 aromatic heterocycles. The molecular formula is C20H19N7O. The first-order valence-corrected chi connectivity index (χ1v) is 9.17. The molecule has 0 atom stereocenters. The van der Waals surface area contributed by atoms with Crippen LogP contribution < -0.4 is 9.80 Å². The third-order valence-electron chi connectivity index (χ3n) is 5.00. The molecule has 28 heavy (non-hydrogen) atoms. The standard InChI is InChI=1S/C20H19N7O/c28-17-3-1-15(2-4-17)25-9-11-26(12-10-25)20-22-13-18-19(24-20)27(14-23-18)16-5-7-21-8-6-16/h1-8,13-14,28H,9-12H2. The Morgan fingerprint density at radius 2 is 1.50 bits per heavy atom. The highest BCUT2D eigenvalue weighted by Crippen LogP contribution is 2.22. The van der Waals surface area contributed by atoms with Gasteiger partial charge in [-0.3, -0.25) is 9.55 Å². The van der Waals surface area contributed by atoms with Crippen LogP contribution in [0.1, 0.15) is 0 Å². The fourth-order valence-electron chi connectivity index (χ4n) is 3.47. The second-order valence-corrected chi connectivity index (χ2v) is 6.69. The van der Waals surface area contributed by atoms with Gasteiger partial charge >= 0.3 is 0 Å². The maximum absolute atomic E-state index is 9.47. The summed E-state index contributed by atoms with van der Waals surface area (Å²) in [6.45, 7) is 3.40. The van der Waals surface area contributed by atoms with Crippen LogP contribution in [0.3, 0.4) is 0 Å². The van der Waals surface area contributed by atoms with Gasteiger partial charge < -0.3 is 14.9 Å². The van der Waals surface area contributed by atoms with E-state index in [1.807, 2.05) is 28.8 Å². The minimum Gasteiger partial charge on any atom is -0.508 e. The van der Waals surface area contributed by atoms with Gasteiger partial charge in [0.2, 0.25) is 5.95 Å². The van der Waals surface area contributed by atoms with Crippen LogP contribution in [0.25, 0.3) is 16.9 Å². The van der Waals surface area contributed by atoms with E-state index in [2.05, 4.69) is 24.8 Å². The molecule has 4 heterocycles. The molecule has 0 bridgehead atoms. The van der Waals surface area contributed by atoms with Crippen molar-refractivity contribution in [2.24, 2.45) is 0 Å². The molecule has 1 aliphatic heterocycles. The molecule has 140 valence electrons. The number of phenols is 1. The molecule has 0 aliphatic carbocycles. The maximum Gasteiger partial charge on any atom is 0.227 e. The van der Waals surface area contributed by atoms with Crippen LogP contribution in [0.15, 0.2) is 61.3 Å². The lowest BCUT2D eigenvalue weighted by atomic mass is 10.2. The van der Waals surface area contributed by atoms with Gasteiger partial charge in [-0.25, -0.2) is 9.97 Å². The van der Waals surface area contributed by atoms with Gasteiger partial charge in [-0.15, -0.1) is 0 Å². The van der Waals surface area contributed by atoms with Gasteiger partial charge in [-0.1, -0.05) is 0 Å². The van der Waals surface area contributed by atoms with E-state index in [-0.39, 0.29) is 5.75 Å². The first kappa shape index (κ1) is 16.5. The van der Waals surface area contributed by atoms with Crippen LogP contribution in [0.4, 0.5) is 11.6 Å². The smallest absolute Gasteiger partial charge is 0.227 e. The van der Waals surface area contributed by atoms with Crippen molar-refractivity contribution >= 4 is 22.8 Å². The minimum absolute atomic E-state index is 0.287. The summed E-state index contributed by atoms with van der Waals surface area (Å²) in [7, 11) is 0. The number of aromatic nitrogens is 5. The topological polar surface area (TPSA) is 83.2 Å². The summed E-state index contributed by atoms with van der Waals surface area (Å²) in [5.41, 5.74) is 3.64. The molecule has 1 aliphatic rings. The Bertz CT molecular complexity index is 1090. The second-order valence-electron chi connectivity index (χ2n) is 6.69. The van der Waals surface area contributed by atoms with Gasteiger partial charge in [0.1, 0.15) is 17.6 Å². The molecule has 8 heteroatoms. The van der Waals surface area contributed by atoms with Gasteiger partial charge in [-0.05, 0) is 36.4 Å². The van der Waals surface area contributed by atoms with Crippen LogP contribution in [-0.2, 0) is 0 Å². The van der Waals surface area contributed by atoms with Crippen molar-refractivity contribution in [2.45, 2.75) is 0 Å². The summed E-state index contributed by atoms with van der Waals surface area (Å²) in [6, 6.07) is 11.2. The summed E-state index contributed by atoms with van der Waals surface area (Å²) < 4.78 is 1.95. The van der Waals surface area contributed by atoms with Crippen molar-refractivity contribution in [3.8, 4) is 11.4 Å². The predicted octanol–water partition coefficient (Wildman–Crippen LogP) is 2.24. The first-order chi connectivity index (χ1) is 13.8. The number of piperazine rings is 1. The molecule has 1 saturated heterocycles. The molecule has 0 unspecified atom stereocenters. The monoisotopic (exact) mass is 373 g/mol. The Kier molecular flexibility index (Phi) is 4.01. The van der Waals surface area contributed by atoms with Gasteiger partial charge in [0, 0.05) is 44.3 Å². The summed E-state index contributed by atoms with van der Waals surface area (Å²) in [6.07, 6.45) is 7.06. The molecule has 0 spiro atoms. The van der Waals surface area contributed by atoms with Gasteiger partial charge in [0.05, 0.1) is 11.9 Å². The molecule has 0 radical (unpaired) electrons. The maximum atomic E-state index is 9.47. The van der Waals surface area contributed by atoms with Gasteiger partial charge in [0.15, 0.2) is 5.65 Å². The molecule has 1 fully saturated rings. The molecule has 0 saturated carbocycles. The van der Waals surface area contributed by atoms with E-state index in [1.165, 1.54) is 0 Å². The number of rotatable bonds is 3. The molecule has 8 nitrogen and oxygen atoms in total. The molecule has 4 aromatic rings. The average Bonchev–Trinajstić information content (AvgIpc) is 3.18. The predicted molar refractivity (Wildman–Crippen MR) is 107 cm³/mol. The van der Waals surface area contributed by atoms with E-state index in [9.17, 15) is 5.11 Å². The minimum atomic E-state index is 0.287. The number of imidazole rings is 1. The number of phenolic OH excluding ortho intramolecular Hbond substituents is 1. The Hall–Kier alpha value is -3.68. The van der Waals surface area contributed by atoms with Gasteiger partial charge in [0.25, 0.3) is 0 Å². The SMILES string of the molecule is Oc1ccc(N2CCN(c3ncc4ncn(-c5ccncc5)c4n3)CC2)cc1. The molecule has 1 aromatic carbocycles. The third-order valence-corrected chi connectivity index (χ3v) is 5.00. The van der Waals surface area contributed by atoms with E-state index >= 15 is 0 Å². The zero-order chi connectivity index (χ0) is 18.9. The molecular weight excluding hydrogens is 354 g/mol. The van der Waals surface area contributed by atoms with Crippen molar-refractivity contribution in [2.75, 3.05) is 36.0 Å². The number of fused-ring (bicyclic) bond motifs is 1. The normalized spacial score (nSPS) is 14.6. The fourth-order valence-corrected chi connectivity index (χ4v) is 3.47. The number of hydrogen-bond donors (Lipinski definition) is 1. The van der Waals surface area contributed by atoms with Crippen molar-refractivity contribution in [1.82, 2.24) is 24.5 Å². The molecule has 0 amide bonds. The van der Waals surface area contributed by atoms with E-state index in [4.69, 9.17) is 4.98 Å². The number of aromatic hydroxyl groups is 1. The Balaban J connectivity index is 1.38. The summed E-state index contributed by atoms with van der Waals surface area (Å²) in [4.78, 5) is 22.3. The zero-order valence-electron chi connectivity index (χ0n) is 15.2. The van der Waals surface area contributed by atoms with Crippen molar-refractivity contribution in [1.29, 1.82) is 0 Å². The van der Waals surface area contributed by atoms with Crippen molar-refractivity contribution in [3.05, 3.63) is 61.3 Å². The number of benzene rings is 1. The van der Waals surface area contributed by atoms with Crippen LogP contribution in [0.5, 0.6) is 5.75 Å². The number of pyridine rings is 1. The van der Waals surface area contributed by atoms with Crippen LogP contribution in [0, 0.1) is 0 Å². The Labute approximate surface area is 161 Å². The summed E-state index contributed by atoms with van der Waals surface area (Å²) >= 11 is 0.